The van der Waals surface area contributed by atoms with Crippen molar-refractivity contribution in [2.45, 2.75) is 18.9 Å². The Bertz CT molecular complexity index is 402. The van der Waals surface area contributed by atoms with E-state index in [1.165, 1.54) is 6.20 Å². The third-order valence-electron chi connectivity index (χ3n) is 2.42. The second kappa shape index (κ2) is 5.40. The molecular formula is C11H13N3O3. The fourth-order valence-electron chi connectivity index (χ4n) is 1.54. The maximum atomic E-state index is 11.5. The average Bonchev–Trinajstić information content (AvgIpc) is 2.90. The fraction of sp³-hybridized carbons (Fsp3) is 0.364. The van der Waals surface area contributed by atoms with Crippen molar-refractivity contribution in [3.8, 4) is 0 Å². The van der Waals surface area contributed by atoms with Crippen LogP contribution in [-0.4, -0.2) is 29.5 Å². The van der Waals surface area contributed by atoms with Gasteiger partial charge in [-0.25, -0.2) is 0 Å². The minimum atomic E-state index is -0.459. The van der Waals surface area contributed by atoms with E-state index in [0.29, 0.717) is 13.0 Å². The van der Waals surface area contributed by atoms with Gasteiger partial charge in [0.1, 0.15) is 11.8 Å². The van der Waals surface area contributed by atoms with Gasteiger partial charge in [-0.15, -0.1) is 0 Å². The van der Waals surface area contributed by atoms with Gasteiger partial charge in [-0.05, 0) is 25.0 Å². The topological polar surface area (TPSA) is 80.3 Å². The van der Waals surface area contributed by atoms with Gasteiger partial charge in [-0.3, -0.25) is 25.4 Å². The van der Waals surface area contributed by atoms with Gasteiger partial charge < -0.3 is 4.74 Å². The van der Waals surface area contributed by atoms with Crippen LogP contribution < -0.4 is 10.9 Å². The third-order valence-corrected chi connectivity index (χ3v) is 2.42. The summed E-state index contributed by atoms with van der Waals surface area (Å²) in [7, 11) is 0. The highest BCUT2D eigenvalue weighted by Crippen LogP contribution is 2.11. The number of nitrogens with zero attached hydrogens (tertiary/aromatic N) is 1. The lowest BCUT2D eigenvalue weighted by Crippen LogP contribution is -2.46. The van der Waals surface area contributed by atoms with Crippen LogP contribution in [0.2, 0.25) is 0 Å². The van der Waals surface area contributed by atoms with Crippen molar-refractivity contribution in [3.63, 3.8) is 0 Å². The molecule has 1 aliphatic heterocycles. The molecular weight excluding hydrogens is 222 g/mol. The van der Waals surface area contributed by atoms with Crippen molar-refractivity contribution in [2.24, 2.45) is 0 Å². The summed E-state index contributed by atoms with van der Waals surface area (Å²) in [6, 6.07) is 4.97. The van der Waals surface area contributed by atoms with Crippen molar-refractivity contribution in [1.82, 2.24) is 15.8 Å². The highest BCUT2D eigenvalue weighted by molar-refractivity contribution is 5.94. The summed E-state index contributed by atoms with van der Waals surface area (Å²) in [6.07, 6.45) is 2.60. The Balaban J connectivity index is 1.82. The first-order valence-corrected chi connectivity index (χ1v) is 5.40. The second-order valence-corrected chi connectivity index (χ2v) is 3.66. The van der Waals surface area contributed by atoms with E-state index in [2.05, 4.69) is 15.8 Å². The summed E-state index contributed by atoms with van der Waals surface area (Å²) in [6.45, 7) is 0.590. The molecule has 1 aromatic heterocycles. The van der Waals surface area contributed by atoms with E-state index in [1.54, 1.807) is 18.2 Å². The number of nitrogens with one attached hydrogen (secondary N) is 2. The molecule has 1 atom stereocenters. The average molecular weight is 235 g/mol. The van der Waals surface area contributed by atoms with Crippen molar-refractivity contribution >= 4 is 11.8 Å². The lowest BCUT2D eigenvalue weighted by molar-refractivity contribution is -0.130. The highest BCUT2D eigenvalue weighted by Gasteiger charge is 2.23. The largest absolute Gasteiger partial charge is 0.368 e. The predicted octanol–water partition coefficient (Wildman–Crippen LogP) is 0.0216. The van der Waals surface area contributed by atoms with Crippen molar-refractivity contribution in [1.29, 1.82) is 0 Å². The molecule has 1 fully saturated rings. The predicted molar refractivity (Wildman–Crippen MR) is 58.8 cm³/mol. The standard InChI is InChI=1S/C11H13N3O3/c15-10(8-4-1-2-6-12-8)13-14-11(16)9-5-3-7-17-9/h1-2,4,6,9H,3,5,7H2,(H,13,15)(H,14,16)/t9-/m0/s1. The summed E-state index contributed by atoms with van der Waals surface area (Å²) in [5, 5.41) is 0. The number of hydrogen-bond donors (Lipinski definition) is 2. The molecule has 6 heteroatoms. The van der Waals surface area contributed by atoms with Gasteiger partial charge in [0.2, 0.25) is 0 Å². The Hall–Kier alpha value is -1.95. The number of rotatable bonds is 2. The zero-order valence-corrected chi connectivity index (χ0v) is 9.18. The molecule has 2 N–H and O–H groups in total. The number of hydrogen-bond acceptors (Lipinski definition) is 4. The first-order chi connectivity index (χ1) is 8.27. The summed E-state index contributed by atoms with van der Waals surface area (Å²) in [5.74, 6) is -0.774. The van der Waals surface area contributed by atoms with Crippen molar-refractivity contribution in [3.05, 3.63) is 30.1 Å². The smallest absolute Gasteiger partial charge is 0.288 e. The van der Waals surface area contributed by atoms with Crippen molar-refractivity contribution < 1.29 is 14.3 Å². The van der Waals surface area contributed by atoms with Crippen LogP contribution in [-0.2, 0) is 9.53 Å². The van der Waals surface area contributed by atoms with Crippen LogP contribution in [0.4, 0.5) is 0 Å². The maximum absolute atomic E-state index is 11.5. The molecule has 90 valence electrons. The molecule has 1 aromatic rings. The fourth-order valence-corrected chi connectivity index (χ4v) is 1.54. The molecule has 0 saturated carbocycles. The van der Waals surface area contributed by atoms with Gasteiger partial charge >= 0.3 is 0 Å². The zero-order valence-electron chi connectivity index (χ0n) is 9.18. The van der Waals surface area contributed by atoms with E-state index in [-0.39, 0.29) is 11.6 Å². The molecule has 6 nitrogen and oxygen atoms in total. The normalized spacial score (nSPS) is 18.7. The van der Waals surface area contributed by atoms with Crippen LogP contribution in [0.15, 0.2) is 24.4 Å². The van der Waals surface area contributed by atoms with Gasteiger partial charge in [-0.2, -0.15) is 0 Å². The Labute approximate surface area is 98.3 Å². The minimum Gasteiger partial charge on any atom is -0.368 e. The number of hydrazine groups is 1. The second-order valence-electron chi connectivity index (χ2n) is 3.66. The van der Waals surface area contributed by atoms with E-state index in [4.69, 9.17) is 4.74 Å². The van der Waals surface area contributed by atoms with Crippen LogP contribution in [0.3, 0.4) is 0 Å². The monoisotopic (exact) mass is 235 g/mol. The molecule has 2 amide bonds. The van der Waals surface area contributed by atoms with E-state index in [1.807, 2.05) is 0 Å². The Morgan fingerprint density at radius 2 is 2.24 bits per heavy atom. The van der Waals surface area contributed by atoms with E-state index in [0.717, 1.165) is 6.42 Å². The number of carbonyl (C=O) groups is 2. The van der Waals surface area contributed by atoms with Crippen LogP contribution >= 0.6 is 0 Å². The summed E-state index contributed by atoms with van der Waals surface area (Å²) in [4.78, 5) is 26.9. The van der Waals surface area contributed by atoms with Crippen LogP contribution in [0.1, 0.15) is 23.3 Å². The minimum absolute atomic E-state index is 0.250. The van der Waals surface area contributed by atoms with Gasteiger partial charge in [0.15, 0.2) is 0 Å². The first-order valence-electron chi connectivity index (χ1n) is 5.40. The Morgan fingerprint density at radius 1 is 1.35 bits per heavy atom. The van der Waals surface area contributed by atoms with Crippen LogP contribution in [0.25, 0.3) is 0 Å². The molecule has 17 heavy (non-hydrogen) atoms. The summed E-state index contributed by atoms with van der Waals surface area (Å²) in [5.41, 5.74) is 4.86. The number of amides is 2. The number of pyridine rings is 1. The molecule has 2 rings (SSSR count). The Morgan fingerprint density at radius 3 is 2.88 bits per heavy atom. The molecule has 0 bridgehead atoms. The summed E-state index contributed by atoms with van der Waals surface area (Å²) < 4.78 is 5.17. The lowest BCUT2D eigenvalue weighted by atomic mass is 10.2. The molecule has 0 aromatic carbocycles. The number of carbonyl (C=O) groups excluding carboxylic acids is 2. The summed E-state index contributed by atoms with van der Waals surface area (Å²) >= 11 is 0. The van der Waals surface area contributed by atoms with Gasteiger partial charge in [0, 0.05) is 12.8 Å². The van der Waals surface area contributed by atoms with Crippen LogP contribution in [0, 0.1) is 0 Å². The third kappa shape index (κ3) is 3.01. The number of ether oxygens (including phenoxy) is 1. The molecule has 0 aliphatic carbocycles. The van der Waals surface area contributed by atoms with Gasteiger partial charge in [0.05, 0.1) is 0 Å². The Kier molecular flexibility index (Phi) is 3.66. The zero-order chi connectivity index (χ0) is 12.1. The molecule has 1 saturated heterocycles. The van der Waals surface area contributed by atoms with E-state index >= 15 is 0 Å². The molecule has 0 unspecified atom stereocenters. The maximum Gasteiger partial charge on any atom is 0.288 e. The number of aromatic nitrogens is 1. The first kappa shape index (κ1) is 11.5. The van der Waals surface area contributed by atoms with E-state index < -0.39 is 12.0 Å². The van der Waals surface area contributed by atoms with Crippen LogP contribution in [0.5, 0.6) is 0 Å². The van der Waals surface area contributed by atoms with Crippen molar-refractivity contribution in [2.75, 3.05) is 6.61 Å². The SMILES string of the molecule is O=C(NNC(=O)[C@@H]1CCCO1)c1ccccn1. The quantitative estimate of drug-likeness (QED) is 0.708. The lowest BCUT2D eigenvalue weighted by Gasteiger charge is -2.10. The highest BCUT2D eigenvalue weighted by atomic mass is 16.5. The molecule has 1 aliphatic rings. The van der Waals surface area contributed by atoms with E-state index in [9.17, 15) is 9.59 Å². The molecule has 2 heterocycles. The molecule has 0 radical (unpaired) electrons. The molecule has 0 spiro atoms. The van der Waals surface area contributed by atoms with Gasteiger partial charge in [0.25, 0.3) is 11.8 Å². The van der Waals surface area contributed by atoms with Gasteiger partial charge in [-0.1, -0.05) is 6.07 Å².